The molecule has 5 nitrogen and oxygen atoms in total. The van der Waals surface area contributed by atoms with Crippen LogP contribution in [0.4, 0.5) is 11.4 Å². The van der Waals surface area contributed by atoms with Gasteiger partial charge in [0.15, 0.2) is 0 Å². The topological polar surface area (TPSA) is 121 Å². The first-order chi connectivity index (χ1) is 11.8. The molecule has 0 saturated carbocycles. The van der Waals surface area contributed by atoms with E-state index < -0.39 is 5.91 Å². The van der Waals surface area contributed by atoms with E-state index in [1.54, 1.807) is 30.4 Å². The predicted octanol–water partition coefficient (Wildman–Crippen LogP) is 3.40. The molecule has 0 aliphatic carbocycles. The van der Waals surface area contributed by atoms with E-state index in [9.17, 15) is 4.79 Å². The SMILES string of the molecule is C=C/C(=C\C=C(C)C)CN.CC.NC(=O)/C=C/c1ccc(N)c(N)c1. The van der Waals surface area contributed by atoms with Crippen LogP contribution in [0.25, 0.3) is 6.08 Å². The highest BCUT2D eigenvalue weighted by Crippen LogP contribution is 2.16. The minimum atomic E-state index is -0.490. The summed E-state index contributed by atoms with van der Waals surface area (Å²) in [7, 11) is 0. The standard InChI is InChI=1S/C9H11N3O.C9H15N.C2H6/c10-7-3-1-6(5-8(7)11)2-4-9(12)13;1-4-9(7-10)6-5-8(2)3;1-2/h1-5H,10-11H2,(H2,12,13);4-6H,1,7,10H2,2-3H3;1-2H3/b4-2+;9-6+;. The van der Waals surface area contributed by atoms with Gasteiger partial charge in [0.2, 0.25) is 5.91 Å². The van der Waals surface area contributed by atoms with Crippen LogP contribution in [0.2, 0.25) is 0 Å². The molecule has 0 aliphatic heterocycles. The number of rotatable bonds is 5. The van der Waals surface area contributed by atoms with E-state index >= 15 is 0 Å². The van der Waals surface area contributed by atoms with Crippen LogP contribution in [0.3, 0.4) is 0 Å². The van der Waals surface area contributed by atoms with Gasteiger partial charge in [0.25, 0.3) is 0 Å². The van der Waals surface area contributed by atoms with Crippen LogP contribution in [0.1, 0.15) is 33.3 Å². The number of hydrogen-bond donors (Lipinski definition) is 4. The Kier molecular flexibility index (Phi) is 14.5. The number of hydrogen-bond acceptors (Lipinski definition) is 4. The van der Waals surface area contributed by atoms with E-state index in [-0.39, 0.29) is 0 Å². The van der Waals surface area contributed by atoms with E-state index in [2.05, 4.69) is 6.58 Å². The quantitative estimate of drug-likeness (QED) is 0.371. The summed E-state index contributed by atoms with van der Waals surface area (Å²) in [5.74, 6) is -0.490. The fourth-order valence-corrected chi connectivity index (χ4v) is 1.37. The van der Waals surface area contributed by atoms with Crippen LogP contribution < -0.4 is 22.9 Å². The summed E-state index contributed by atoms with van der Waals surface area (Å²) in [6.07, 6.45) is 8.65. The molecule has 0 heterocycles. The van der Waals surface area contributed by atoms with Crippen LogP contribution in [-0.2, 0) is 4.79 Å². The van der Waals surface area contributed by atoms with Gasteiger partial charge in [-0.15, -0.1) is 0 Å². The van der Waals surface area contributed by atoms with E-state index in [1.807, 2.05) is 39.8 Å². The molecule has 1 amide bonds. The molecule has 0 spiro atoms. The second-order valence-electron chi connectivity index (χ2n) is 5.02. The molecule has 1 aromatic carbocycles. The minimum absolute atomic E-state index is 0.490. The molecule has 1 aromatic rings. The molecular formula is C20H32N4O. The maximum atomic E-state index is 10.4. The number of benzene rings is 1. The average Bonchev–Trinajstić information content (AvgIpc) is 2.59. The first-order valence-corrected chi connectivity index (χ1v) is 8.09. The maximum absolute atomic E-state index is 10.4. The molecule has 0 radical (unpaired) electrons. The summed E-state index contributed by atoms with van der Waals surface area (Å²) in [6.45, 7) is 12.3. The highest BCUT2D eigenvalue weighted by atomic mass is 16.1. The molecule has 1 rings (SSSR count). The molecule has 0 atom stereocenters. The Morgan fingerprint density at radius 3 is 2.12 bits per heavy atom. The van der Waals surface area contributed by atoms with Crippen molar-refractivity contribution in [2.24, 2.45) is 11.5 Å². The van der Waals surface area contributed by atoms with Crippen LogP contribution in [-0.4, -0.2) is 12.5 Å². The van der Waals surface area contributed by atoms with Crippen molar-refractivity contribution in [3.8, 4) is 0 Å². The number of allylic oxidation sites excluding steroid dienone is 3. The molecule has 0 aliphatic rings. The first-order valence-electron chi connectivity index (χ1n) is 8.09. The van der Waals surface area contributed by atoms with Crippen molar-refractivity contribution in [1.82, 2.24) is 0 Å². The minimum Gasteiger partial charge on any atom is -0.397 e. The van der Waals surface area contributed by atoms with Gasteiger partial charge in [-0.2, -0.15) is 0 Å². The van der Waals surface area contributed by atoms with Gasteiger partial charge in [0, 0.05) is 12.6 Å². The number of anilines is 2. The largest absolute Gasteiger partial charge is 0.397 e. The van der Waals surface area contributed by atoms with Crippen molar-refractivity contribution < 1.29 is 4.79 Å². The van der Waals surface area contributed by atoms with Crippen molar-refractivity contribution >= 4 is 23.4 Å². The van der Waals surface area contributed by atoms with E-state index in [4.69, 9.17) is 22.9 Å². The normalized spacial score (nSPS) is 10.0. The van der Waals surface area contributed by atoms with Gasteiger partial charge in [0.1, 0.15) is 0 Å². The van der Waals surface area contributed by atoms with E-state index in [1.165, 1.54) is 11.6 Å². The Bertz CT molecular complexity index is 625. The van der Waals surface area contributed by atoms with Gasteiger partial charge in [-0.1, -0.05) is 50.3 Å². The Labute approximate surface area is 151 Å². The lowest BCUT2D eigenvalue weighted by Crippen LogP contribution is -2.05. The molecule has 5 heteroatoms. The molecule has 0 fully saturated rings. The van der Waals surface area contributed by atoms with Gasteiger partial charge in [-0.25, -0.2) is 0 Å². The number of carbonyl (C=O) groups is 1. The third kappa shape index (κ3) is 13.4. The Hall–Kier alpha value is -2.79. The summed E-state index contributed by atoms with van der Waals surface area (Å²) >= 11 is 0. The third-order valence-corrected chi connectivity index (χ3v) is 2.68. The van der Waals surface area contributed by atoms with E-state index in [0.717, 1.165) is 11.1 Å². The maximum Gasteiger partial charge on any atom is 0.241 e. The van der Waals surface area contributed by atoms with Gasteiger partial charge in [-0.3, -0.25) is 4.79 Å². The van der Waals surface area contributed by atoms with Crippen LogP contribution in [0, 0.1) is 0 Å². The molecule has 8 N–H and O–H groups in total. The van der Waals surface area contributed by atoms with Crippen molar-refractivity contribution in [3.05, 3.63) is 65.8 Å². The smallest absolute Gasteiger partial charge is 0.241 e. The molecule has 0 unspecified atom stereocenters. The molecule has 0 saturated heterocycles. The van der Waals surface area contributed by atoms with Crippen molar-refractivity contribution in [2.45, 2.75) is 27.7 Å². The highest BCUT2D eigenvalue weighted by Gasteiger charge is 1.94. The highest BCUT2D eigenvalue weighted by molar-refractivity contribution is 5.90. The average molecular weight is 345 g/mol. The molecular weight excluding hydrogens is 312 g/mol. The summed E-state index contributed by atoms with van der Waals surface area (Å²) < 4.78 is 0. The second-order valence-corrected chi connectivity index (χ2v) is 5.02. The van der Waals surface area contributed by atoms with E-state index in [0.29, 0.717) is 17.9 Å². The lowest BCUT2D eigenvalue weighted by molar-refractivity contribution is -0.113. The number of primary amides is 1. The first kappa shape index (κ1) is 24.5. The zero-order valence-electron chi connectivity index (χ0n) is 15.8. The van der Waals surface area contributed by atoms with Crippen molar-refractivity contribution in [1.29, 1.82) is 0 Å². The summed E-state index contributed by atoms with van der Waals surface area (Å²) in [5.41, 5.74) is 25.5. The Morgan fingerprint density at radius 2 is 1.72 bits per heavy atom. The summed E-state index contributed by atoms with van der Waals surface area (Å²) in [5, 5.41) is 0. The molecule has 138 valence electrons. The monoisotopic (exact) mass is 344 g/mol. The molecule has 0 bridgehead atoms. The fourth-order valence-electron chi connectivity index (χ4n) is 1.37. The van der Waals surface area contributed by atoms with Crippen LogP contribution in [0.15, 0.2) is 60.2 Å². The van der Waals surface area contributed by atoms with Crippen molar-refractivity contribution in [3.63, 3.8) is 0 Å². The lowest BCUT2D eigenvalue weighted by Gasteiger charge is -1.99. The van der Waals surface area contributed by atoms with Crippen LogP contribution >= 0.6 is 0 Å². The van der Waals surface area contributed by atoms with Gasteiger partial charge >= 0.3 is 0 Å². The number of nitrogens with two attached hydrogens (primary N) is 4. The second kappa shape index (κ2) is 14.8. The molecule has 0 aromatic heterocycles. The summed E-state index contributed by atoms with van der Waals surface area (Å²) in [4.78, 5) is 10.4. The van der Waals surface area contributed by atoms with Gasteiger partial charge < -0.3 is 22.9 Å². The van der Waals surface area contributed by atoms with Crippen molar-refractivity contribution in [2.75, 3.05) is 18.0 Å². The summed E-state index contributed by atoms with van der Waals surface area (Å²) in [6, 6.07) is 5.11. The zero-order chi connectivity index (χ0) is 19.8. The lowest BCUT2D eigenvalue weighted by atomic mass is 10.1. The zero-order valence-corrected chi connectivity index (χ0v) is 15.8. The fraction of sp³-hybridized carbons (Fsp3) is 0.250. The van der Waals surface area contributed by atoms with Crippen LogP contribution in [0.5, 0.6) is 0 Å². The molecule has 25 heavy (non-hydrogen) atoms. The Morgan fingerprint density at radius 1 is 1.12 bits per heavy atom. The third-order valence-electron chi connectivity index (χ3n) is 2.68. The van der Waals surface area contributed by atoms with Gasteiger partial charge in [-0.05, 0) is 43.2 Å². The number of carbonyl (C=O) groups excluding carboxylic acids is 1. The number of nitrogen functional groups attached to an aromatic ring is 2. The number of amides is 1. The Balaban J connectivity index is 0. The van der Waals surface area contributed by atoms with Gasteiger partial charge in [0.05, 0.1) is 11.4 Å². The predicted molar refractivity (Wildman–Crippen MR) is 112 cm³/mol.